The number of amides is 1. The van der Waals surface area contributed by atoms with Crippen molar-refractivity contribution in [3.63, 3.8) is 0 Å². The minimum Gasteiger partial charge on any atom is -0.489 e. The van der Waals surface area contributed by atoms with Crippen LogP contribution in [-0.2, 0) is 9.53 Å². The maximum atomic E-state index is 11.6. The summed E-state index contributed by atoms with van der Waals surface area (Å²) in [6, 6.07) is 3.71. The van der Waals surface area contributed by atoms with Crippen molar-refractivity contribution in [3.05, 3.63) is 22.7 Å². The molecule has 0 saturated heterocycles. The Morgan fingerprint density at radius 3 is 2.59 bits per heavy atom. The van der Waals surface area contributed by atoms with E-state index in [-0.39, 0.29) is 6.61 Å². The maximum absolute atomic E-state index is 11.6. The summed E-state index contributed by atoms with van der Waals surface area (Å²) in [7, 11) is 0. The van der Waals surface area contributed by atoms with E-state index in [0.717, 1.165) is 4.47 Å². The average Bonchev–Trinajstić information content (AvgIpc) is 2.35. The van der Waals surface area contributed by atoms with Gasteiger partial charge in [0, 0.05) is 4.47 Å². The van der Waals surface area contributed by atoms with Gasteiger partial charge in [0.2, 0.25) is 0 Å². The van der Waals surface area contributed by atoms with Crippen molar-refractivity contribution in [3.8, 4) is 5.75 Å². The van der Waals surface area contributed by atoms with Crippen LogP contribution < -0.4 is 15.8 Å². The first-order valence-electron chi connectivity index (χ1n) is 6.48. The lowest BCUT2D eigenvalue weighted by atomic mass is 10.2. The molecule has 0 radical (unpaired) electrons. The molecule has 0 aliphatic rings. The van der Waals surface area contributed by atoms with Crippen LogP contribution >= 0.6 is 15.9 Å². The number of rotatable bonds is 5. The van der Waals surface area contributed by atoms with Crippen LogP contribution in [0.4, 0.5) is 10.5 Å². The van der Waals surface area contributed by atoms with Crippen LogP contribution in [0.5, 0.6) is 5.75 Å². The molecule has 0 spiro atoms. The number of aliphatic carboxylic acids is 1. The van der Waals surface area contributed by atoms with Crippen LogP contribution in [0.1, 0.15) is 20.8 Å². The molecule has 0 heterocycles. The highest BCUT2D eigenvalue weighted by Crippen LogP contribution is 2.25. The highest BCUT2D eigenvalue weighted by Gasteiger charge is 2.24. The highest BCUT2D eigenvalue weighted by atomic mass is 79.9. The first-order valence-corrected chi connectivity index (χ1v) is 7.28. The molecule has 1 atom stereocenters. The molecule has 4 N–H and O–H groups in total. The topological polar surface area (TPSA) is 111 Å². The number of nitrogen functional groups attached to an aromatic ring is 1. The largest absolute Gasteiger partial charge is 0.489 e. The quantitative estimate of drug-likeness (QED) is 0.682. The summed E-state index contributed by atoms with van der Waals surface area (Å²) in [5.41, 5.74) is 5.38. The summed E-state index contributed by atoms with van der Waals surface area (Å²) in [6.45, 7) is 4.76. The molecule has 0 aromatic heterocycles. The molecule has 0 saturated carbocycles. The zero-order valence-electron chi connectivity index (χ0n) is 12.6. The minimum atomic E-state index is -1.26. The Bertz CT molecular complexity index is 557. The van der Waals surface area contributed by atoms with Gasteiger partial charge in [-0.2, -0.15) is 0 Å². The third-order valence-corrected chi connectivity index (χ3v) is 2.86. The van der Waals surface area contributed by atoms with E-state index in [0.29, 0.717) is 11.4 Å². The third-order valence-electron chi connectivity index (χ3n) is 2.37. The van der Waals surface area contributed by atoms with Gasteiger partial charge >= 0.3 is 12.1 Å². The second-order valence-corrected chi connectivity index (χ2v) is 6.45. The summed E-state index contributed by atoms with van der Waals surface area (Å²) >= 11 is 3.26. The number of carbonyl (C=O) groups excluding carboxylic acids is 1. The molecule has 0 aliphatic carbocycles. The Labute approximate surface area is 136 Å². The third kappa shape index (κ3) is 6.21. The fourth-order valence-electron chi connectivity index (χ4n) is 1.43. The van der Waals surface area contributed by atoms with Crippen LogP contribution in [0.25, 0.3) is 0 Å². The van der Waals surface area contributed by atoms with E-state index in [1.54, 1.807) is 39.0 Å². The summed E-state index contributed by atoms with van der Waals surface area (Å²) in [5, 5.41) is 11.4. The number of carbonyl (C=O) groups is 2. The van der Waals surface area contributed by atoms with E-state index in [1.165, 1.54) is 0 Å². The van der Waals surface area contributed by atoms with E-state index in [1.807, 2.05) is 0 Å². The van der Waals surface area contributed by atoms with E-state index < -0.39 is 23.7 Å². The van der Waals surface area contributed by atoms with Gasteiger partial charge in [-0.25, -0.2) is 9.59 Å². The molecule has 22 heavy (non-hydrogen) atoms. The van der Waals surface area contributed by atoms with Crippen molar-refractivity contribution in [1.29, 1.82) is 0 Å². The lowest BCUT2D eigenvalue weighted by molar-refractivity contribution is -0.140. The SMILES string of the molecule is CC(C)(C)OC(=O)NC(COc1cc(Br)ccc1N)C(=O)O. The molecule has 0 bridgehead atoms. The van der Waals surface area contributed by atoms with Gasteiger partial charge in [0.25, 0.3) is 0 Å². The molecular formula is C14H19BrN2O5. The number of halogens is 1. The van der Waals surface area contributed by atoms with Crippen LogP contribution in [0, 0.1) is 0 Å². The molecule has 1 unspecified atom stereocenters. The monoisotopic (exact) mass is 374 g/mol. The van der Waals surface area contributed by atoms with E-state index in [2.05, 4.69) is 21.2 Å². The maximum Gasteiger partial charge on any atom is 0.408 e. The normalized spacial score (nSPS) is 12.4. The molecule has 1 aromatic rings. The van der Waals surface area contributed by atoms with Gasteiger partial charge in [0.05, 0.1) is 5.69 Å². The minimum absolute atomic E-state index is 0.283. The van der Waals surface area contributed by atoms with E-state index in [9.17, 15) is 9.59 Å². The lowest BCUT2D eigenvalue weighted by Crippen LogP contribution is -2.46. The van der Waals surface area contributed by atoms with Crippen LogP contribution in [0.2, 0.25) is 0 Å². The predicted octanol–water partition coefficient (Wildman–Crippen LogP) is 2.39. The summed E-state index contributed by atoms with van der Waals surface area (Å²) in [5.74, 6) is -0.911. The highest BCUT2D eigenvalue weighted by molar-refractivity contribution is 9.10. The van der Waals surface area contributed by atoms with Crippen molar-refractivity contribution in [1.82, 2.24) is 5.32 Å². The van der Waals surface area contributed by atoms with Crippen molar-refractivity contribution in [2.24, 2.45) is 0 Å². The number of carboxylic acids is 1. The molecule has 122 valence electrons. The second kappa shape index (κ2) is 7.35. The van der Waals surface area contributed by atoms with Crippen molar-refractivity contribution >= 4 is 33.7 Å². The average molecular weight is 375 g/mol. The van der Waals surface area contributed by atoms with Crippen molar-refractivity contribution < 1.29 is 24.2 Å². The summed E-state index contributed by atoms with van der Waals surface area (Å²) in [6.07, 6.45) is -0.828. The zero-order valence-corrected chi connectivity index (χ0v) is 14.1. The summed E-state index contributed by atoms with van der Waals surface area (Å²) < 4.78 is 11.1. The molecule has 0 aliphatic heterocycles. The van der Waals surface area contributed by atoms with Gasteiger partial charge in [-0.3, -0.25) is 0 Å². The number of hydrogen-bond donors (Lipinski definition) is 3. The van der Waals surface area contributed by atoms with Crippen LogP contribution in [0.15, 0.2) is 22.7 Å². The Kier molecular flexibility index (Phi) is 6.04. The van der Waals surface area contributed by atoms with Crippen molar-refractivity contribution in [2.45, 2.75) is 32.4 Å². The second-order valence-electron chi connectivity index (χ2n) is 5.53. The Balaban J connectivity index is 2.67. The number of anilines is 1. The lowest BCUT2D eigenvalue weighted by Gasteiger charge is -2.22. The Morgan fingerprint density at radius 1 is 1.41 bits per heavy atom. The first-order chi connectivity index (χ1) is 10.1. The number of ether oxygens (including phenoxy) is 2. The fraction of sp³-hybridized carbons (Fsp3) is 0.429. The standard InChI is InChI=1S/C14H19BrN2O5/c1-14(2,3)22-13(20)17-10(12(18)19)7-21-11-6-8(15)4-5-9(11)16/h4-6,10H,7,16H2,1-3H3,(H,17,20)(H,18,19). The number of nitrogens with one attached hydrogen (secondary N) is 1. The number of hydrogen-bond acceptors (Lipinski definition) is 5. The Morgan fingerprint density at radius 2 is 2.05 bits per heavy atom. The smallest absolute Gasteiger partial charge is 0.408 e. The van der Waals surface area contributed by atoms with E-state index in [4.69, 9.17) is 20.3 Å². The van der Waals surface area contributed by atoms with Crippen LogP contribution in [-0.4, -0.2) is 35.4 Å². The van der Waals surface area contributed by atoms with Crippen molar-refractivity contribution in [2.75, 3.05) is 12.3 Å². The number of benzene rings is 1. The van der Waals surface area contributed by atoms with Gasteiger partial charge < -0.3 is 25.6 Å². The molecule has 0 fully saturated rings. The van der Waals surface area contributed by atoms with Crippen LogP contribution in [0.3, 0.4) is 0 Å². The van der Waals surface area contributed by atoms with Gasteiger partial charge in [0.1, 0.15) is 18.0 Å². The molecule has 1 rings (SSSR count). The van der Waals surface area contributed by atoms with E-state index >= 15 is 0 Å². The predicted molar refractivity (Wildman–Crippen MR) is 84.8 cm³/mol. The number of alkyl carbamates (subject to hydrolysis) is 1. The molecule has 7 nitrogen and oxygen atoms in total. The number of nitrogens with two attached hydrogens (primary N) is 1. The molecule has 1 aromatic carbocycles. The van der Waals surface area contributed by atoms with Gasteiger partial charge in [-0.1, -0.05) is 15.9 Å². The summed E-state index contributed by atoms with van der Waals surface area (Å²) in [4.78, 5) is 22.8. The fourth-order valence-corrected chi connectivity index (χ4v) is 1.77. The molecule has 1 amide bonds. The van der Waals surface area contributed by atoms with Gasteiger partial charge in [-0.05, 0) is 39.0 Å². The van der Waals surface area contributed by atoms with Gasteiger partial charge in [0.15, 0.2) is 6.04 Å². The van der Waals surface area contributed by atoms with Gasteiger partial charge in [-0.15, -0.1) is 0 Å². The number of carboxylic acid groups (broad SMARTS) is 1. The molecular weight excluding hydrogens is 356 g/mol. The first kappa shape index (κ1) is 18.1. The Hall–Kier alpha value is -1.96. The zero-order chi connectivity index (χ0) is 16.9. The molecule has 8 heteroatoms.